The minimum Gasteiger partial charge on any atom is -0.336 e. The van der Waals surface area contributed by atoms with Crippen molar-refractivity contribution in [3.8, 4) is 11.3 Å². The maximum Gasteiger partial charge on any atom is 0.325 e. The van der Waals surface area contributed by atoms with Crippen molar-refractivity contribution < 1.29 is 9.59 Å². The van der Waals surface area contributed by atoms with E-state index >= 15 is 0 Å². The lowest BCUT2D eigenvalue weighted by atomic mass is 10.2. The third-order valence-electron chi connectivity index (χ3n) is 3.37. The molecule has 0 atom stereocenters. The number of nitrogens with zero attached hydrogens (tertiary/aromatic N) is 4. The van der Waals surface area contributed by atoms with Crippen molar-refractivity contribution in [3.63, 3.8) is 0 Å². The highest BCUT2D eigenvalue weighted by Gasteiger charge is 2.25. The van der Waals surface area contributed by atoms with Gasteiger partial charge in [-0.15, -0.1) is 0 Å². The second-order valence-corrected chi connectivity index (χ2v) is 5.00. The van der Waals surface area contributed by atoms with Gasteiger partial charge in [-0.3, -0.25) is 9.67 Å². The zero-order chi connectivity index (χ0) is 15.5. The number of carbonyl (C=O) groups excluding carboxylic acids is 2. The van der Waals surface area contributed by atoms with E-state index in [0.717, 1.165) is 21.7 Å². The summed E-state index contributed by atoms with van der Waals surface area (Å²) in [6.07, 6.45) is 5.33. The summed E-state index contributed by atoms with van der Waals surface area (Å²) in [6.45, 7) is 1.21. The molecule has 0 saturated carbocycles. The van der Waals surface area contributed by atoms with Crippen molar-refractivity contribution in [2.75, 3.05) is 13.1 Å². The molecular formula is C14H16N6O2. The Labute approximate surface area is 127 Å². The van der Waals surface area contributed by atoms with Crippen LogP contribution in [-0.4, -0.2) is 44.8 Å². The van der Waals surface area contributed by atoms with Gasteiger partial charge in [0.05, 0.1) is 11.9 Å². The van der Waals surface area contributed by atoms with Crippen LogP contribution in [0, 0.1) is 0 Å². The number of imide groups is 1. The summed E-state index contributed by atoms with van der Waals surface area (Å²) >= 11 is 0. The molecule has 0 bridgehead atoms. The molecule has 0 aromatic carbocycles. The van der Waals surface area contributed by atoms with Gasteiger partial charge in [-0.05, 0) is 11.6 Å². The lowest BCUT2D eigenvalue weighted by molar-refractivity contribution is 0.198. The first-order chi connectivity index (χ1) is 10.6. The summed E-state index contributed by atoms with van der Waals surface area (Å²) in [4.78, 5) is 28.7. The molecule has 0 unspecified atom stereocenters. The average molecular weight is 300 g/mol. The van der Waals surface area contributed by atoms with Gasteiger partial charge in [-0.25, -0.2) is 14.5 Å². The molecular weight excluding hydrogens is 284 g/mol. The Morgan fingerprint density at radius 2 is 2.27 bits per heavy atom. The van der Waals surface area contributed by atoms with Gasteiger partial charge < -0.3 is 10.6 Å². The number of rotatable bonds is 3. The van der Waals surface area contributed by atoms with Crippen LogP contribution in [0.5, 0.6) is 0 Å². The topological polar surface area (TPSA) is 92.2 Å². The predicted molar refractivity (Wildman–Crippen MR) is 78.8 cm³/mol. The second-order valence-electron chi connectivity index (χ2n) is 5.00. The van der Waals surface area contributed by atoms with Crippen molar-refractivity contribution in [1.29, 1.82) is 0 Å². The normalized spacial score (nSPS) is 14.0. The average Bonchev–Trinajstić information content (AvgIpc) is 3.14. The van der Waals surface area contributed by atoms with Crippen LogP contribution in [0.15, 0.2) is 30.7 Å². The van der Waals surface area contributed by atoms with Gasteiger partial charge in [0, 0.05) is 44.6 Å². The quantitative estimate of drug-likeness (QED) is 0.873. The fourth-order valence-corrected chi connectivity index (χ4v) is 2.19. The summed E-state index contributed by atoms with van der Waals surface area (Å²) in [7, 11) is 1.85. The van der Waals surface area contributed by atoms with E-state index in [0.29, 0.717) is 19.6 Å². The Hall–Kier alpha value is -2.90. The molecule has 1 fully saturated rings. The van der Waals surface area contributed by atoms with E-state index in [1.165, 1.54) is 0 Å². The third kappa shape index (κ3) is 2.90. The summed E-state index contributed by atoms with van der Waals surface area (Å²) < 4.78 is 1.71. The Balaban J connectivity index is 1.59. The number of hydrogen-bond donors (Lipinski definition) is 2. The number of aromatic nitrogens is 3. The van der Waals surface area contributed by atoms with Crippen molar-refractivity contribution in [2.45, 2.75) is 6.54 Å². The molecule has 4 amide bonds. The van der Waals surface area contributed by atoms with Gasteiger partial charge in [0.15, 0.2) is 0 Å². The van der Waals surface area contributed by atoms with Crippen molar-refractivity contribution >= 4 is 12.1 Å². The molecule has 0 aliphatic carbocycles. The first-order valence-corrected chi connectivity index (χ1v) is 6.90. The third-order valence-corrected chi connectivity index (χ3v) is 3.37. The predicted octanol–water partition coefficient (Wildman–Crippen LogP) is 0.717. The van der Waals surface area contributed by atoms with Crippen LogP contribution < -0.4 is 10.6 Å². The molecule has 0 radical (unpaired) electrons. The Bertz CT molecular complexity index is 694. The molecule has 1 aliphatic heterocycles. The van der Waals surface area contributed by atoms with E-state index in [9.17, 15) is 9.59 Å². The highest BCUT2D eigenvalue weighted by atomic mass is 16.2. The second kappa shape index (κ2) is 5.84. The van der Waals surface area contributed by atoms with Crippen LogP contribution >= 0.6 is 0 Å². The largest absolute Gasteiger partial charge is 0.336 e. The highest BCUT2D eigenvalue weighted by Crippen LogP contribution is 2.15. The van der Waals surface area contributed by atoms with Crippen molar-refractivity contribution in [2.24, 2.45) is 7.05 Å². The SMILES string of the molecule is Cn1cc(-c2ccc(CNC(=O)N3CCNC3=O)cn2)cn1. The van der Waals surface area contributed by atoms with Gasteiger partial charge in [0.1, 0.15) is 0 Å². The van der Waals surface area contributed by atoms with Gasteiger partial charge in [0.25, 0.3) is 0 Å². The fraction of sp³-hybridized carbons (Fsp3) is 0.286. The highest BCUT2D eigenvalue weighted by molar-refractivity contribution is 5.94. The van der Waals surface area contributed by atoms with Crippen LogP contribution in [0.1, 0.15) is 5.56 Å². The molecule has 2 aromatic heterocycles. The van der Waals surface area contributed by atoms with Crippen molar-refractivity contribution in [1.82, 2.24) is 30.3 Å². The monoisotopic (exact) mass is 300 g/mol. The molecule has 3 heterocycles. The number of hydrogen-bond acceptors (Lipinski definition) is 4. The number of pyridine rings is 1. The molecule has 0 spiro atoms. The molecule has 2 aromatic rings. The lowest BCUT2D eigenvalue weighted by Crippen LogP contribution is -2.41. The number of carbonyl (C=O) groups is 2. The molecule has 3 rings (SSSR count). The van der Waals surface area contributed by atoms with Crippen LogP contribution in [0.25, 0.3) is 11.3 Å². The minimum absolute atomic E-state index is 0.322. The van der Waals surface area contributed by atoms with Gasteiger partial charge in [-0.1, -0.05) is 6.07 Å². The fourth-order valence-electron chi connectivity index (χ4n) is 2.19. The van der Waals surface area contributed by atoms with Gasteiger partial charge in [-0.2, -0.15) is 5.10 Å². The Kier molecular flexibility index (Phi) is 3.73. The Morgan fingerprint density at radius 3 is 2.86 bits per heavy atom. The summed E-state index contributed by atoms with van der Waals surface area (Å²) in [5.41, 5.74) is 2.62. The number of amides is 4. The van der Waals surface area contributed by atoms with Gasteiger partial charge >= 0.3 is 12.1 Å². The van der Waals surface area contributed by atoms with Crippen LogP contribution in [0.3, 0.4) is 0 Å². The zero-order valence-corrected chi connectivity index (χ0v) is 12.1. The first kappa shape index (κ1) is 14.1. The summed E-state index contributed by atoms with van der Waals surface area (Å²) in [6, 6.07) is 3.01. The summed E-state index contributed by atoms with van der Waals surface area (Å²) in [5.74, 6) is 0. The van der Waals surface area contributed by atoms with E-state index in [1.807, 2.05) is 25.4 Å². The van der Waals surface area contributed by atoms with E-state index in [4.69, 9.17) is 0 Å². The number of urea groups is 2. The molecule has 114 valence electrons. The zero-order valence-electron chi connectivity index (χ0n) is 12.1. The minimum atomic E-state index is -0.397. The van der Waals surface area contributed by atoms with Crippen LogP contribution in [-0.2, 0) is 13.6 Å². The van der Waals surface area contributed by atoms with Crippen LogP contribution in [0.2, 0.25) is 0 Å². The molecule has 1 saturated heterocycles. The lowest BCUT2D eigenvalue weighted by Gasteiger charge is -2.13. The van der Waals surface area contributed by atoms with E-state index in [2.05, 4.69) is 20.7 Å². The number of aryl methyl sites for hydroxylation is 1. The van der Waals surface area contributed by atoms with Crippen LogP contribution in [0.4, 0.5) is 9.59 Å². The molecule has 22 heavy (non-hydrogen) atoms. The first-order valence-electron chi connectivity index (χ1n) is 6.90. The van der Waals surface area contributed by atoms with E-state index < -0.39 is 6.03 Å². The molecule has 1 aliphatic rings. The van der Waals surface area contributed by atoms with Crippen molar-refractivity contribution in [3.05, 3.63) is 36.3 Å². The Morgan fingerprint density at radius 1 is 1.41 bits per heavy atom. The number of nitrogens with one attached hydrogen (secondary N) is 2. The molecule has 8 nitrogen and oxygen atoms in total. The molecule has 2 N–H and O–H groups in total. The smallest absolute Gasteiger partial charge is 0.325 e. The summed E-state index contributed by atoms with van der Waals surface area (Å²) in [5, 5.41) is 9.39. The standard InChI is InChI=1S/C14H16N6O2/c1-19-9-11(8-18-19)12-3-2-10(6-16-12)7-17-14(22)20-5-4-15-13(20)21/h2-3,6,8-9H,4-5,7H2,1H3,(H,15,21)(H,17,22). The maximum atomic E-state index is 11.8. The maximum absolute atomic E-state index is 11.8. The van der Waals surface area contributed by atoms with E-state index in [1.54, 1.807) is 17.1 Å². The van der Waals surface area contributed by atoms with Gasteiger partial charge in [0.2, 0.25) is 0 Å². The van der Waals surface area contributed by atoms with E-state index in [-0.39, 0.29) is 6.03 Å². The molecule has 8 heteroatoms.